The highest BCUT2D eigenvalue weighted by atomic mass is 16.2. The van der Waals surface area contributed by atoms with Crippen LogP contribution < -0.4 is 5.32 Å². The summed E-state index contributed by atoms with van der Waals surface area (Å²) in [4.78, 5) is 16.9. The molecule has 0 aromatic heterocycles. The number of carbonyl (C=O) groups is 1. The van der Waals surface area contributed by atoms with E-state index in [1.807, 2.05) is 0 Å². The van der Waals surface area contributed by atoms with Gasteiger partial charge >= 0.3 is 0 Å². The molecule has 0 bridgehead atoms. The quantitative estimate of drug-likeness (QED) is 0.875. The molecular weight excluding hydrogens is 286 g/mol. The predicted molar refractivity (Wildman–Crippen MR) is 95.4 cm³/mol. The first-order chi connectivity index (χ1) is 10.9. The molecule has 0 spiro atoms. The van der Waals surface area contributed by atoms with Crippen LogP contribution in [0.2, 0.25) is 0 Å². The second-order valence-corrected chi connectivity index (χ2v) is 7.33. The average molecular weight is 317 g/mol. The largest absolute Gasteiger partial charge is 0.350 e. The fourth-order valence-corrected chi connectivity index (χ4v) is 2.88. The third-order valence-electron chi connectivity index (χ3n) is 4.68. The third kappa shape index (κ3) is 5.96. The fourth-order valence-electron chi connectivity index (χ4n) is 2.88. The van der Waals surface area contributed by atoms with Crippen molar-refractivity contribution in [2.24, 2.45) is 0 Å². The molecule has 0 aliphatic carbocycles. The van der Waals surface area contributed by atoms with Gasteiger partial charge in [-0.3, -0.25) is 14.6 Å². The van der Waals surface area contributed by atoms with Gasteiger partial charge in [0.15, 0.2) is 0 Å². The Kier molecular flexibility index (Phi) is 6.19. The van der Waals surface area contributed by atoms with Crippen molar-refractivity contribution >= 4 is 5.91 Å². The maximum atomic E-state index is 12.1. The predicted octanol–water partition coefficient (Wildman–Crippen LogP) is 2.42. The lowest BCUT2D eigenvalue weighted by molar-refractivity contribution is -0.124. The zero-order valence-corrected chi connectivity index (χ0v) is 15.1. The monoisotopic (exact) mass is 317 g/mol. The van der Waals surface area contributed by atoms with Crippen LogP contribution in [0.5, 0.6) is 0 Å². The third-order valence-corrected chi connectivity index (χ3v) is 4.68. The van der Waals surface area contributed by atoms with E-state index in [-0.39, 0.29) is 11.4 Å². The van der Waals surface area contributed by atoms with Crippen molar-refractivity contribution < 1.29 is 4.79 Å². The van der Waals surface area contributed by atoms with Crippen LogP contribution in [0.15, 0.2) is 24.3 Å². The van der Waals surface area contributed by atoms with Crippen LogP contribution in [0.4, 0.5) is 0 Å². The Hall–Kier alpha value is -1.39. The molecule has 1 aliphatic rings. The van der Waals surface area contributed by atoms with Crippen molar-refractivity contribution in [3.63, 3.8) is 0 Å². The van der Waals surface area contributed by atoms with E-state index in [0.717, 1.165) is 39.1 Å². The number of nitrogens with one attached hydrogen (secondary N) is 1. The summed E-state index contributed by atoms with van der Waals surface area (Å²) >= 11 is 0. The van der Waals surface area contributed by atoms with E-state index in [2.05, 4.69) is 67.1 Å². The van der Waals surface area contributed by atoms with Gasteiger partial charge in [-0.1, -0.05) is 36.8 Å². The molecule has 1 heterocycles. The second-order valence-electron chi connectivity index (χ2n) is 7.33. The Labute approximate surface area is 140 Å². The molecule has 4 heteroatoms. The first-order valence-corrected chi connectivity index (χ1v) is 8.69. The molecule has 4 nitrogen and oxygen atoms in total. The minimum absolute atomic E-state index is 0.107. The van der Waals surface area contributed by atoms with E-state index in [9.17, 15) is 4.79 Å². The standard InChI is InChI=1S/C19H31N3O/c1-5-19(3,4)20-18(23)15-22-11-9-21(10-12-22)14-17-8-6-7-16(2)13-17/h6-8,13H,5,9-12,14-15H2,1-4H3,(H,20,23). The highest BCUT2D eigenvalue weighted by Gasteiger charge is 2.22. The van der Waals surface area contributed by atoms with Crippen LogP contribution in [0.1, 0.15) is 38.3 Å². The molecule has 1 aliphatic heterocycles. The molecule has 1 saturated heterocycles. The molecule has 1 amide bonds. The molecule has 128 valence electrons. The summed E-state index contributed by atoms with van der Waals surface area (Å²) in [5.41, 5.74) is 2.58. The number of piperazine rings is 1. The van der Waals surface area contributed by atoms with E-state index in [1.165, 1.54) is 11.1 Å². The number of benzene rings is 1. The van der Waals surface area contributed by atoms with Crippen molar-refractivity contribution in [2.75, 3.05) is 32.7 Å². The summed E-state index contributed by atoms with van der Waals surface area (Å²) in [6.07, 6.45) is 0.947. The second kappa shape index (κ2) is 7.93. The number of rotatable bonds is 6. The lowest BCUT2D eigenvalue weighted by Crippen LogP contribution is -2.52. The van der Waals surface area contributed by atoms with Gasteiger partial charge in [0, 0.05) is 38.3 Å². The molecule has 0 unspecified atom stereocenters. The normalized spacial score (nSPS) is 17.2. The zero-order valence-electron chi connectivity index (χ0n) is 15.1. The Morgan fingerprint density at radius 2 is 1.83 bits per heavy atom. The topological polar surface area (TPSA) is 35.6 Å². The van der Waals surface area contributed by atoms with Crippen molar-refractivity contribution in [2.45, 2.75) is 46.2 Å². The van der Waals surface area contributed by atoms with Gasteiger partial charge in [0.1, 0.15) is 0 Å². The van der Waals surface area contributed by atoms with Gasteiger partial charge in [-0.15, -0.1) is 0 Å². The van der Waals surface area contributed by atoms with Crippen LogP contribution in [-0.4, -0.2) is 54.0 Å². The van der Waals surface area contributed by atoms with E-state index in [1.54, 1.807) is 0 Å². The first kappa shape index (κ1) is 18.0. The Balaban J connectivity index is 1.74. The minimum Gasteiger partial charge on any atom is -0.350 e. The average Bonchev–Trinajstić information content (AvgIpc) is 2.49. The summed E-state index contributed by atoms with van der Waals surface area (Å²) in [6, 6.07) is 8.71. The minimum atomic E-state index is -0.107. The summed E-state index contributed by atoms with van der Waals surface area (Å²) in [6.45, 7) is 13.9. The Morgan fingerprint density at radius 1 is 1.17 bits per heavy atom. The SMILES string of the molecule is CCC(C)(C)NC(=O)CN1CCN(Cc2cccc(C)c2)CC1. The van der Waals surface area contributed by atoms with E-state index >= 15 is 0 Å². The molecule has 1 aromatic carbocycles. The van der Waals surface area contributed by atoms with Gasteiger partial charge in [0.05, 0.1) is 6.54 Å². The van der Waals surface area contributed by atoms with Crippen molar-refractivity contribution in [3.05, 3.63) is 35.4 Å². The van der Waals surface area contributed by atoms with E-state index in [4.69, 9.17) is 0 Å². The Bertz CT molecular complexity index is 519. The van der Waals surface area contributed by atoms with Gasteiger partial charge in [0.2, 0.25) is 5.91 Å². The molecule has 2 rings (SSSR count). The van der Waals surface area contributed by atoms with Gasteiger partial charge in [-0.2, -0.15) is 0 Å². The molecular formula is C19H31N3O. The number of aryl methyl sites for hydroxylation is 1. The zero-order chi connectivity index (χ0) is 16.9. The molecule has 0 atom stereocenters. The molecule has 0 saturated carbocycles. The summed E-state index contributed by atoms with van der Waals surface area (Å²) < 4.78 is 0. The number of hydrogen-bond donors (Lipinski definition) is 1. The molecule has 23 heavy (non-hydrogen) atoms. The molecule has 1 fully saturated rings. The summed E-state index contributed by atoms with van der Waals surface area (Å²) in [5.74, 6) is 0.143. The number of carbonyl (C=O) groups excluding carboxylic acids is 1. The highest BCUT2D eigenvalue weighted by Crippen LogP contribution is 2.11. The van der Waals surface area contributed by atoms with Crippen LogP contribution in [0, 0.1) is 6.92 Å². The number of nitrogens with zero attached hydrogens (tertiary/aromatic N) is 2. The number of hydrogen-bond acceptors (Lipinski definition) is 3. The van der Waals surface area contributed by atoms with Crippen LogP contribution >= 0.6 is 0 Å². The van der Waals surface area contributed by atoms with Gasteiger partial charge in [-0.25, -0.2) is 0 Å². The summed E-state index contributed by atoms with van der Waals surface area (Å²) in [5, 5.41) is 3.12. The fraction of sp³-hybridized carbons (Fsp3) is 0.632. The highest BCUT2D eigenvalue weighted by molar-refractivity contribution is 5.78. The Morgan fingerprint density at radius 3 is 2.43 bits per heavy atom. The van der Waals surface area contributed by atoms with E-state index in [0.29, 0.717) is 6.54 Å². The molecule has 1 N–H and O–H groups in total. The van der Waals surface area contributed by atoms with Crippen LogP contribution in [0.3, 0.4) is 0 Å². The smallest absolute Gasteiger partial charge is 0.234 e. The van der Waals surface area contributed by atoms with Crippen LogP contribution in [0.25, 0.3) is 0 Å². The lowest BCUT2D eigenvalue weighted by atomic mass is 10.0. The van der Waals surface area contributed by atoms with Gasteiger partial charge in [0.25, 0.3) is 0 Å². The van der Waals surface area contributed by atoms with E-state index < -0.39 is 0 Å². The first-order valence-electron chi connectivity index (χ1n) is 8.69. The maximum Gasteiger partial charge on any atom is 0.234 e. The van der Waals surface area contributed by atoms with Crippen molar-refractivity contribution in [3.8, 4) is 0 Å². The molecule has 0 radical (unpaired) electrons. The lowest BCUT2D eigenvalue weighted by Gasteiger charge is -2.35. The molecule has 1 aromatic rings. The van der Waals surface area contributed by atoms with Gasteiger partial charge in [-0.05, 0) is 32.8 Å². The number of amides is 1. The van der Waals surface area contributed by atoms with Crippen molar-refractivity contribution in [1.29, 1.82) is 0 Å². The summed E-state index contributed by atoms with van der Waals surface area (Å²) in [7, 11) is 0. The maximum absolute atomic E-state index is 12.1. The van der Waals surface area contributed by atoms with Crippen LogP contribution in [-0.2, 0) is 11.3 Å². The van der Waals surface area contributed by atoms with Crippen molar-refractivity contribution in [1.82, 2.24) is 15.1 Å². The van der Waals surface area contributed by atoms with Gasteiger partial charge < -0.3 is 5.32 Å².